The largest absolute Gasteiger partial charge is 0.475 e. The highest BCUT2D eigenvalue weighted by atomic mass is 127. The van der Waals surface area contributed by atoms with E-state index in [4.69, 9.17) is 9.47 Å². The Hall–Kier alpha value is -2.21. The monoisotopic (exact) mass is 550 g/mol. The Labute approximate surface area is 198 Å². The number of aromatic nitrogens is 1. The Bertz CT molecular complexity index is 825. The SMILES string of the molecule is CCNC(=NCc1cc(C)ccc1OC(F)F)NCc1cccnc1OCCOC.I. The molecule has 0 aliphatic carbocycles. The van der Waals surface area contributed by atoms with Crippen LogP contribution in [0.15, 0.2) is 41.5 Å². The zero-order valence-electron chi connectivity index (χ0n) is 17.9. The number of nitrogens with zero attached hydrogens (tertiary/aromatic N) is 2. The number of halogens is 3. The molecule has 0 saturated carbocycles. The van der Waals surface area contributed by atoms with Crippen molar-refractivity contribution in [1.29, 1.82) is 0 Å². The molecule has 10 heteroatoms. The summed E-state index contributed by atoms with van der Waals surface area (Å²) < 4.78 is 40.6. The number of ether oxygens (including phenoxy) is 3. The molecule has 0 radical (unpaired) electrons. The minimum absolute atomic E-state index is 0. The van der Waals surface area contributed by atoms with E-state index >= 15 is 0 Å². The third-order valence-electron chi connectivity index (χ3n) is 4.01. The molecule has 7 nitrogen and oxygen atoms in total. The molecular formula is C21H29F2IN4O3. The van der Waals surface area contributed by atoms with Gasteiger partial charge in [-0.1, -0.05) is 23.8 Å². The van der Waals surface area contributed by atoms with Crippen LogP contribution in [0.4, 0.5) is 8.78 Å². The van der Waals surface area contributed by atoms with Crippen molar-refractivity contribution in [3.8, 4) is 11.6 Å². The first-order valence-electron chi connectivity index (χ1n) is 9.65. The summed E-state index contributed by atoms with van der Waals surface area (Å²) in [5, 5.41) is 6.35. The van der Waals surface area contributed by atoms with Gasteiger partial charge in [0.05, 0.1) is 13.2 Å². The quantitative estimate of drug-likeness (QED) is 0.192. The first kappa shape index (κ1) is 26.8. The normalized spacial score (nSPS) is 11.1. The van der Waals surface area contributed by atoms with Crippen LogP contribution in [0.1, 0.15) is 23.6 Å². The average Bonchev–Trinajstić information content (AvgIpc) is 2.72. The van der Waals surface area contributed by atoms with E-state index in [1.54, 1.807) is 25.4 Å². The number of alkyl halides is 2. The summed E-state index contributed by atoms with van der Waals surface area (Å²) in [5.74, 6) is 1.18. The fraction of sp³-hybridized carbons (Fsp3) is 0.429. The van der Waals surface area contributed by atoms with Crippen LogP contribution in [0.3, 0.4) is 0 Å². The Morgan fingerprint density at radius 1 is 1.16 bits per heavy atom. The predicted molar refractivity (Wildman–Crippen MR) is 126 cm³/mol. The average molecular weight is 550 g/mol. The van der Waals surface area contributed by atoms with E-state index in [-0.39, 0.29) is 36.3 Å². The summed E-state index contributed by atoms with van der Waals surface area (Å²) >= 11 is 0. The number of hydrogen-bond donors (Lipinski definition) is 2. The minimum Gasteiger partial charge on any atom is -0.475 e. The van der Waals surface area contributed by atoms with E-state index in [9.17, 15) is 8.78 Å². The Balaban J connectivity index is 0.00000480. The molecule has 1 aromatic heterocycles. The Morgan fingerprint density at radius 2 is 1.97 bits per heavy atom. The van der Waals surface area contributed by atoms with Crippen LogP contribution in [0.25, 0.3) is 0 Å². The molecule has 0 amide bonds. The van der Waals surface area contributed by atoms with E-state index in [0.29, 0.717) is 43.7 Å². The maximum Gasteiger partial charge on any atom is 0.387 e. The third kappa shape index (κ3) is 9.64. The molecule has 0 fully saturated rings. The van der Waals surface area contributed by atoms with Gasteiger partial charge < -0.3 is 24.8 Å². The lowest BCUT2D eigenvalue weighted by molar-refractivity contribution is -0.0504. The van der Waals surface area contributed by atoms with Gasteiger partial charge in [-0.3, -0.25) is 0 Å². The lowest BCUT2D eigenvalue weighted by Gasteiger charge is -2.14. The third-order valence-corrected chi connectivity index (χ3v) is 4.01. The standard InChI is InChI=1S/C21H28F2N4O3.HI/c1-4-24-21(26-13-16-6-5-9-25-19(16)29-11-10-28-3)27-14-17-12-15(2)7-8-18(17)30-20(22)23;/h5-9,12,20H,4,10-11,13-14H2,1-3H3,(H2,24,26,27);1H. The van der Waals surface area contributed by atoms with Crippen LogP contribution >= 0.6 is 24.0 Å². The molecule has 1 aromatic carbocycles. The number of rotatable bonds is 11. The van der Waals surface area contributed by atoms with E-state index < -0.39 is 6.61 Å². The maximum atomic E-state index is 12.7. The molecule has 0 bridgehead atoms. The molecule has 2 aromatic rings. The van der Waals surface area contributed by atoms with Gasteiger partial charge in [0, 0.05) is 37.5 Å². The number of nitrogens with one attached hydrogen (secondary N) is 2. The van der Waals surface area contributed by atoms with Crippen LogP contribution < -0.4 is 20.1 Å². The number of hydrogen-bond acceptors (Lipinski definition) is 5. The van der Waals surface area contributed by atoms with Crippen LogP contribution in [0.5, 0.6) is 11.6 Å². The highest BCUT2D eigenvalue weighted by Gasteiger charge is 2.11. The van der Waals surface area contributed by atoms with Crippen LogP contribution in [0.2, 0.25) is 0 Å². The molecule has 0 unspecified atom stereocenters. The van der Waals surface area contributed by atoms with Crippen LogP contribution in [0, 0.1) is 6.92 Å². The van der Waals surface area contributed by atoms with E-state index in [2.05, 4.69) is 25.3 Å². The second kappa shape index (κ2) is 14.7. The van der Waals surface area contributed by atoms with Crippen molar-refractivity contribution < 1.29 is 23.0 Å². The van der Waals surface area contributed by atoms with E-state index in [1.165, 1.54) is 6.07 Å². The second-order valence-electron chi connectivity index (χ2n) is 6.35. The van der Waals surface area contributed by atoms with Crippen molar-refractivity contribution in [2.24, 2.45) is 4.99 Å². The summed E-state index contributed by atoms with van der Waals surface area (Å²) in [4.78, 5) is 8.75. The maximum absolute atomic E-state index is 12.7. The van der Waals surface area contributed by atoms with Gasteiger partial charge in [0.15, 0.2) is 5.96 Å². The second-order valence-corrected chi connectivity index (χ2v) is 6.35. The van der Waals surface area contributed by atoms with E-state index in [0.717, 1.165) is 11.1 Å². The molecule has 0 spiro atoms. The molecule has 1 heterocycles. The molecule has 0 atom stereocenters. The first-order chi connectivity index (χ1) is 14.5. The lowest BCUT2D eigenvalue weighted by atomic mass is 10.1. The molecule has 0 aliphatic heterocycles. The fourth-order valence-corrected chi connectivity index (χ4v) is 2.64. The molecular weight excluding hydrogens is 521 g/mol. The first-order valence-corrected chi connectivity index (χ1v) is 9.65. The number of aliphatic imine (C=N–C) groups is 1. The van der Waals surface area contributed by atoms with Gasteiger partial charge in [-0.25, -0.2) is 9.98 Å². The molecule has 31 heavy (non-hydrogen) atoms. The van der Waals surface area contributed by atoms with Gasteiger partial charge in [0.1, 0.15) is 12.4 Å². The summed E-state index contributed by atoms with van der Waals surface area (Å²) in [6.07, 6.45) is 1.66. The van der Waals surface area contributed by atoms with Crippen molar-refractivity contribution in [3.63, 3.8) is 0 Å². The zero-order valence-corrected chi connectivity index (χ0v) is 20.2. The summed E-state index contributed by atoms with van der Waals surface area (Å²) in [6.45, 7) is 3.06. The van der Waals surface area contributed by atoms with Gasteiger partial charge in [0.2, 0.25) is 5.88 Å². The highest BCUT2D eigenvalue weighted by molar-refractivity contribution is 14.0. The zero-order chi connectivity index (χ0) is 21.8. The summed E-state index contributed by atoms with van der Waals surface area (Å²) in [7, 11) is 1.61. The van der Waals surface area contributed by atoms with Crippen LogP contribution in [-0.2, 0) is 17.8 Å². The summed E-state index contributed by atoms with van der Waals surface area (Å²) in [6, 6.07) is 8.77. The van der Waals surface area contributed by atoms with E-state index in [1.807, 2.05) is 26.0 Å². The molecule has 2 N–H and O–H groups in total. The fourth-order valence-electron chi connectivity index (χ4n) is 2.64. The van der Waals surface area contributed by atoms with Crippen molar-refractivity contribution in [2.45, 2.75) is 33.5 Å². The van der Waals surface area contributed by atoms with Crippen molar-refractivity contribution >= 4 is 29.9 Å². The molecule has 0 aliphatic rings. The van der Waals surface area contributed by atoms with Crippen molar-refractivity contribution in [2.75, 3.05) is 26.9 Å². The van der Waals surface area contributed by atoms with Gasteiger partial charge in [-0.15, -0.1) is 24.0 Å². The lowest BCUT2D eigenvalue weighted by Crippen LogP contribution is -2.37. The number of pyridine rings is 1. The predicted octanol–water partition coefficient (Wildman–Crippen LogP) is 3.89. The van der Waals surface area contributed by atoms with Gasteiger partial charge >= 0.3 is 6.61 Å². The highest BCUT2D eigenvalue weighted by Crippen LogP contribution is 2.23. The smallest absolute Gasteiger partial charge is 0.387 e. The number of aryl methyl sites for hydroxylation is 1. The Kier molecular flexibility index (Phi) is 12.8. The summed E-state index contributed by atoms with van der Waals surface area (Å²) in [5.41, 5.74) is 2.38. The number of guanidine groups is 1. The van der Waals surface area contributed by atoms with Crippen LogP contribution in [-0.4, -0.2) is 44.4 Å². The number of methoxy groups -OCH3 is 1. The topological polar surface area (TPSA) is 77.0 Å². The van der Waals surface area contributed by atoms with Gasteiger partial charge in [0.25, 0.3) is 0 Å². The van der Waals surface area contributed by atoms with Crippen molar-refractivity contribution in [1.82, 2.24) is 15.6 Å². The Morgan fingerprint density at radius 3 is 2.68 bits per heavy atom. The molecule has 172 valence electrons. The van der Waals surface area contributed by atoms with Gasteiger partial charge in [-0.05, 0) is 26.0 Å². The van der Waals surface area contributed by atoms with Gasteiger partial charge in [-0.2, -0.15) is 8.78 Å². The molecule has 2 rings (SSSR count). The number of benzene rings is 1. The minimum atomic E-state index is -2.89. The van der Waals surface area contributed by atoms with Crippen molar-refractivity contribution in [3.05, 3.63) is 53.2 Å². The molecule has 0 saturated heterocycles.